The van der Waals surface area contributed by atoms with Crippen LogP contribution in [0.2, 0.25) is 0 Å². The summed E-state index contributed by atoms with van der Waals surface area (Å²) in [6.45, 7) is 8.05. The largest absolute Gasteiger partial charge is 0.456 e. The minimum absolute atomic E-state index is 0.222. The van der Waals surface area contributed by atoms with Crippen molar-refractivity contribution in [2.75, 3.05) is 0 Å². The number of hydrogen-bond donors (Lipinski definition) is 1. The molecule has 10 heteroatoms. The zero-order valence-electron chi connectivity index (χ0n) is 15.8. The van der Waals surface area contributed by atoms with Gasteiger partial charge in [0.25, 0.3) is 0 Å². The molecule has 150 valence electrons. The Balaban J connectivity index is 3.13. The average Bonchev–Trinajstić information content (AvgIpc) is 2.94. The highest BCUT2D eigenvalue weighted by Gasteiger charge is 2.41. The molecule has 0 aromatic rings. The number of carbonyl (C=O) groups is 3. The van der Waals surface area contributed by atoms with Crippen LogP contribution in [0.3, 0.4) is 0 Å². The summed E-state index contributed by atoms with van der Waals surface area (Å²) in [4.78, 5) is 47.1. The van der Waals surface area contributed by atoms with E-state index in [0.717, 1.165) is 0 Å². The third kappa shape index (κ3) is 6.46. The summed E-state index contributed by atoms with van der Waals surface area (Å²) in [5.41, 5.74) is 0.222. The highest BCUT2D eigenvalue weighted by molar-refractivity contribution is 9.11. The van der Waals surface area contributed by atoms with E-state index < -0.39 is 34.7 Å². The van der Waals surface area contributed by atoms with Gasteiger partial charge in [-0.1, -0.05) is 29.3 Å². The van der Waals surface area contributed by atoms with Crippen molar-refractivity contribution in [1.82, 2.24) is 5.32 Å². The number of allylic oxidation sites excluding steroid dienone is 2. The Hall–Kier alpha value is -1.68. The topological polar surface area (TPSA) is 111 Å². The molecule has 1 rings (SSSR count). The van der Waals surface area contributed by atoms with Gasteiger partial charge in [0.2, 0.25) is 5.91 Å². The lowest BCUT2D eigenvalue weighted by Crippen LogP contribution is -2.53. The molecular formula is C17H23BrN2O6S. The van der Waals surface area contributed by atoms with E-state index in [1.807, 2.05) is 6.92 Å². The lowest BCUT2D eigenvalue weighted by molar-refractivity contribution is -0.153. The molecule has 0 aliphatic carbocycles. The Morgan fingerprint density at radius 1 is 1.41 bits per heavy atom. The van der Waals surface area contributed by atoms with Crippen LogP contribution in [-0.4, -0.2) is 34.7 Å². The Morgan fingerprint density at radius 2 is 2.04 bits per heavy atom. The van der Waals surface area contributed by atoms with E-state index in [0.29, 0.717) is 35.0 Å². The molecule has 0 spiro atoms. The Bertz CT molecular complexity index is 685. The van der Waals surface area contributed by atoms with E-state index >= 15 is 0 Å². The molecule has 1 heterocycles. The normalized spacial score (nSPS) is 18.1. The number of halogens is 1. The van der Waals surface area contributed by atoms with E-state index in [1.54, 1.807) is 20.8 Å². The number of nitrogens with zero attached hydrogens (tertiary/aromatic N) is 1. The second kappa shape index (κ2) is 10.0. The zero-order valence-corrected chi connectivity index (χ0v) is 18.2. The van der Waals surface area contributed by atoms with Crippen LogP contribution in [0.15, 0.2) is 26.5 Å². The van der Waals surface area contributed by atoms with Gasteiger partial charge in [-0.15, -0.1) is 4.91 Å². The molecule has 1 amide bonds. The number of rotatable bonds is 9. The van der Waals surface area contributed by atoms with Crippen LogP contribution in [0.1, 0.15) is 47.5 Å². The molecule has 2 unspecified atom stereocenters. The van der Waals surface area contributed by atoms with Crippen LogP contribution in [0.5, 0.6) is 0 Å². The van der Waals surface area contributed by atoms with Crippen LogP contribution in [0.4, 0.5) is 0 Å². The number of nitroso groups, excluding NO2 is 1. The second-order valence-corrected chi connectivity index (χ2v) is 9.08. The summed E-state index contributed by atoms with van der Waals surface area (Å²) in [5.74, 6) is -1.45. The molecular weight excluding hydrogens is 440 g/mol. The van der Waals surface area contributed by atoms with E-state index in [1.165, 1.54) is 13.0 Å². The van der Waals surface area contributed by atoms with Crippen molar-refractivity contribution in [1.29, 1.82) is 0 Å². The van der Waals surface area contributed by atoms with Crippen LogP contribution in [0, 0.1) is 4.91 Å². The number of nitrogens with one attached hydrogen (secondary N) is 1. The van der Waals surface area contributed by atoms with Gasteiger partial charge in [-0.25, -0.2) is 9.59 Å². The first kappa shape index (κ1) is 23.4. The summed E-state index contributed by atoms with van der Waals surface area (Å²) in [6.07, 6.45) is 1.74. The van der Waals surface area contributed by atoms with Crippen LogP contribution in [0.25, 0.3) is 0 Å². The minimum atomic E-state index is -1.12. The smallest absolute Gasteiger partial charge is 0.343 e. The maximum absolute atomic E-state index is 12.8. The number of hydrogen-bond acceptors (Lipinski definition) is 8. The quantitative estimate of drug-likeness (QED) is 0.317. The third-order valence-electron chi connectivity index (χ3n) is 3.77. The maximum Gasteiger partial charge on any atom is 0.343 e. The lowest BCUT2D eigenvalue weighted by Gasteiger charge is -2.30. The van der Waals surface area contributed by atoms with Crippen molar-refractivity contribution < 1.29 is 23.9 Å². The van der Waals surface area contributed by atoms with E-state index in [4.69, 9.17) is 9.47 Å². The first-order chi connectivity index (χ1) is 12.5. The highest BCUT2D eigenvalue weighted by Crippen LogP contribution is 2.32. The summed E-state index contributed by atoms with van der Waals surface area (Å²) in [6, 6.07) is -1.12. The second-order valence-electron chi connectivity index (χ2n) is 6.50. The first-order valence-electron chi connectivity index (χ1n) is 8.32. The van der Waals surface area contributed by atoms with Crippen LogP contribution < -0.4 is 5.32 Å². The van der Waals surface area contributed by atoms with E-state index in [-0.39, 0.29) is 5.57 Å². The summed E-state index contributed by atoms with van der Waals surface area (Å²) in [5, 5.41) is 2.50. The van der Waals surface area contributed by atoms with Crippen LogP contribution >= 0.6 is 27.9 Å². The predicted octanol–water partition coefficient (Wildman–Crippen LogP) is 3.51. The first-order valence-corrected chi connectivity index (χ1v) is 9.88. The summed E-state index contributed by atoms with van der Waals surface area (Å²) >= 11 is 3.87. The number of esters is 2. The van der Waals surface area contributed by atoms with Gasteiger partial charge in [0.15, 0.2) is 0 Å². The Labute approximate surface area is 170 Å². The lowest BCUT2D eigenvalue weighted by atomic mass is 10.0. The van der Waals surface area contributed by atoms with Crippen molar-refractivity contribution in [2.24, 2.45) is 4.58 Å². The highest BCUT2D eigenvalue weighted by atomic mass is 79.9. The molecule has 1 N–H and O–H groups in total. The number of carbonyl (C=O) groups excluding carboxylic acids is 3. The zero-order chi connectivity index (χ0) is 20.8. The van der Waals surface area contributed by atoms with Crippen molar-refractivity contribution in [3.63, 3.8) is 0 Å². The molecule has 0 aromatic carbocycles. The molecule has 0 saturated heterocycles. The van der Waals surface area contributed by atoms with Crippen molar-refractivity contribution in [3.05, 3.63) is 26.8 Å². The van der Waals surface area contributed by atoms with Gasteiger partial charge in [0, 0.05) is 27.9 Å². The number of cyclic esters (lactones) is 1. The molecule has 8 nitrogen and oxygen atoms in total. The van der Waals surface area contributed by atoms with Gasteiger partial charge >= 0.3 is 11.9 Å². The van der Waals surface area contributed by atoms with Gasteiger partial charge < -0.3 is 14.8 Å². The standard InChI is InChI=1S/C17H23BrN2O6S/c1-6-7-12(11-8-13(9(2)18)26-15(11)22)25-16(23)14(19-10(3)21)17(4,5)27-20-24/h8,12,14H,6-7H2,1-5H3,(H,19,21). The third-order valence-corrected chi connectivity index (χ3v) is 4.94. The Morgan fingerprint density at radius 3 is 2.48 bits per heavy atom. The molecule has 0 radical (unpaired) electrons. The fraction of sp³-hybridized carbons (Fsp3) is 0.588. The predicted molar refractivity (Wildman–Crippen MR) is 106 cm³/mol. The number of ether oxygens (including phenoxy) is 2. The van der Waals surface area contributed by atoms with Gasteiger partial charge in [-0.2, -0.15) is 0 Å². The SMILES string of the molecule is CCCC(OC(=O)C(NC(C)=O)C(C)(C)SN=O)C1=CC(=C(C)Br)OC1=O. The van der Waals surface area contributed by atoms with Gasteiger partial charge in [0.1, 0.15) is 17.9 Å². The molecule has 1 aliphatic heterocycles. The van der Waals surface area contributed by atoms with E-state index in [2.05, 4.69) is 25.8 Å². The van der Waals surface area contributed by atoms with Crippen LogP contribution in [-0.2, 0) is 23.9 Å². The van der Waals surface area contributed by atoms with Gasteiger partial charge in [-0.3, -0.25) is 4.79 Å². The molecule has 1 aliphatic rings. The summed E-state index contributed by atoms with van der Waals surface area (Å²) in [7, 11) is 0. The monoisotopic (exact) mass is 462 g/mol. The number of amides is 1. The fourth-order valence-electron chi connectivity index (χ4n) is 2.40. The fourth-order valence-corrected chi connectivity index (χ4v) is 3.05. The summed E-state index contributed by atoms with van der Waals surface area (Å²) < 4.78 is 13.1. The van der Waals surface area contributed by atoms with Crippen molar-refractivity contribution in [2.45, 2.75) is 64.4 Å². The molecule has 27 heavy (non-hydrogen) atoms. The van der Waals surface area contributed by atoms with Gasteiger partial charge in [0.05, 0.1) is 10.3 Å². The van der Waals surface area contributed by atoms with E-state index in [9.17, 15) is 19.3 Å². The minimum Gasteiger partial charge on any atom is -0.456 e. The Kier molecular flexibility index (Phi) is 8.67. The van der Waals surface area contributed by atoms with Gasteiger partial charge in [-0.05, 0) is 33.3 Å². The molecule has 0 bridgehead atoms. The van der Waals surface area contributed by atoms with Crippen molar-refractivity contribution >= 4 is 45.7 Å². The average molecular weight is 463 g/mol. The van der Waals surface area contributed by atoms with Crippen molar-refractivity contribution in [3.8, 4) is 0 Å². The molecule has 0 saturated carbocycles. The molecule has 2 atom stereocenters. The molecule has 0 fully saturated rings. The maximum atomic E-state index is 12.8. The molecule has 0 aromatic heterocycles.